The standard InChI is InChI=1S/C22H23N5O2/c1-6-8-14(7-2)16-9-17-18(10-20(16)29-5)23-12-19-21(17)27(22(28)26(19)4)15-11-24-25(3)13-15/h7-13H,2,6H2,1,3-5H3/b14-8+. The molecule has 0 aliphatic rings. The van der Waals surface area contributed by atoms with Gasteiger partial charge in [0.15, 0.2) is 0 Å². The van der Waals surface area contributed by atoms with E-state index in [0.717, 1.165) is 45.2 Å². The molecular weight excluding hydrogens is 366 g/mol. The zero-order chi connectivity index (χ0) is 20.7. The van der Waals surface area contributed by atoms with Crippen molar-refractivity contribution in [2.24, 2.45) is 14.1 Å². The zero-order valence-corrected chi connectivity index (χ0v) is 17.0. The molecule has 3 heterocycles. The number of methoxy groups -OCH3 is 1. The van der Waals surface area contributed by atoms with Crippen LogP contribution in [0.3, 0.4) is 0 Å². The van der Waals surface area contributed by atoms with Gasteiger partial charge in [-0.05, 0) is 18.1 Å². The van der Waals surface area contributed by atoms with Gasteiger partial charge < -0.3 is 4.74 Å². The van der Waals surface area contributed by atoms with Gasteiger partial charge >= 0.3 is 5.69 Å². The normalized spacial score (nSPS) is 12.1. The Labute approximate surface area is 168 Å². The molecule has 4 rings (SSSR count). The number of ether oxygens (including phenoxy) is 1. The van der Waals surface area contributed by atoms with Crippen LogP contribution in [-0.2, 0) is 14.1 Å². The minimum absolute atomic E-state index is 0.146. The fraction of sp³-hybridized carbons (Fsp3) is 0.227. The fourth-order valence-corrected chi connectivity index (χ4v) is 3.71. The van der Waals surface area contributed by atoms with Crippen LogP contribution in [0.4, 0.5) is 0 Å². The van der Waals surface area contributed by atoms with Crippen LogP contribution in [0.15, 0.2) is 54.2 Å². The molecule has 0 N–H and O–H groups in total. The first-order chi connectivity index (χ1) is 14.0. The number of benzene rings is 1. The summed E-state index contributed by atoms with van der Waals surface area (Å²) in [6.07, 6.45) is 10.0. The number of aryl methyl sites for hydroxylation is 2. The van der Waals surface area contributed by atoms with Crippen molar-refractivity contribution in [1.82, 2.24) is 23.9 Å². The lowest BCUT2D eigenvalue weighted by Gasteiger charge is -2.12. The lowest BCUT2D eigenvalue weighted by atomic mass is 10.0. The Kier molecular flexibility index (Phi) is 4.58. The predicted molar refractivity (Wildman–Crippen MR) is 116 cm³/mol. The summed E-state index contributed by atoms with van der Waals surface area (Å²) in [5, 5.41) is 5.10. The lowest BCUT2D eigenvalue weighted by Crippen LogP contribution is -2.20. The van der Waals surface area contributed by atoms with E-state index in [4.69, 9.17) is 4.74 Å². The number of nitrogens with zero attached hydrogens (tertiary/aromatic N) is 5. The number of hydrogen-bond donors (Lipinski definition) is 0. The van der Waals surface area contributed by atoms with Crippen LogP contribution in [0.5, 0.6) is 5.75 Å². The van der Waals surface area contributed by atoms with Gasteiger partial charge in [-0.15, -0.1) is 0 Å². The monoisotopic (exact) mass is 389 g/mol. The molecule has 148 valence electrons. The Morgan fingerprint density at radius 3 is 2.69 bits per heavy atom. The van der Waals surface area contributed by atoms with Crippen molar-refractivity contribution in [3.05, 3.63) is 65.5 Å². The van der Waals surface area contributed by atoms with Crippen LogP contribution in [0.1, 0.15) is 18.9 Å². The van der Waals surface area contributed by atoms with Gasteiger partial charge in [0.25, 0.3) is 0 Å². The van der Waals surface area contributed by atoms with Crippen molar-refractivity contribution in [3.63, 3.8) is 0 Å². The molecular formula is C22H23N5O2. The van der Waals surface area contributed by atoms with Crippen LogP contribution in [0.2, 0.25) is 0 Å². The molecule has 0 saturated heterocycles. The molecule has 0 atom stereocenters. The maximum atomic E-state index is 13.1. The van der Waals surface area contributed by atoms with Crippen LogP contribution in [0.25, 0.3) is 33.2 Å². The van der Waals surface area contributed by atoms with Crippen LogP contribution >= 0.6 is 0 Å². The van der Waals surface area contributed by atoms with Gasteiger partial charge in [0, 0.05) is 37.3 Å². The third kappa shape index (κ3) is 2.86. The van der Waals surface area contributed by atoms with E-state index in [0.29, 0.717) is 5.69 Å². The average molecular weight is 389 g/mol. The highest BCUT2D eigenvalue weighted by atomic mass is 16.5. The second-order valence-corrected chi connectivity index (χ2v) is 6.88. The Bertz CT molecular complexity index is 1340. The maximum Gasteiger partial charge on any atom is 0.333 e. The number of allylic oxidation sites excluding steroid dienone is 3. The number of aromatic nitrogens is 5. The van der Waals surface area contributed by atoms with Crippen molar-refractivity contribution in [1.29, 1.82) is 0 Å². The molecule has 4 aromatic rings. The molecule has 7 heteroatoms. The first-order valence-electron chi connectivity index (χ1n) is 9.40. The van der Waals surface area contributed by atoms with E-state index < -0.39 is 0 Å². The van der Waals surface area contributed by atoms with Gasteiger partial charge in [-0.2, -0.15) is 5.10 Å². The minimum Gasteiger partial charge on any atom is -0.496 e. The Morgan fingerprint density at radius 2 is 2.07 bits per heavy atom. The number of pyridine rings is 1. The van der Waals surface area contributed by atoms with E-state index in [1.165, 1.54) is 0 Å². The summed E-state index contributed by atoms with van der Waals surface area (Å²) in [6.45, 7) is 6.03. The topological polar surface area (TPSA) is 66.9 Å². The molecule has 3 aromatic heterocycles. The van der Waals surface area contributed by atoms with E-state index in [-0.39, 0.29) is 5.69 Å². The van der Waals surface area contributed by atoms with Gasteiger partial charge in [-0.1, -0.05) is 25.7 Å². The zero-order valence-electron chi connectivity index (χ0n) is 17.0. The van der Waals surface area contributed by atoms with Gasteiger partial charge in [0.05, 0.1) is 41.7 Å². The van der Waals surface area contributed by atoms with Gasteiger partial charge in [-0.3, -0.25) is 18.8 Å². The van der Waals surface area contributed by atoms with Gasteiger partial charge in [0.1, 0.15) is 5.75 Å². The minimum atomic E-state index is -0.146. The molecule has 0 bridgehead atoms. The SMILES string of the molecule is C=C/C(=C\CC)c1cc2c(cc1OC)ncc1c2n(-c2cnn(C)c2)c(=O)n1C. The first-order valence-corrected chi connectivity index (χ1v) is 9.40. The van der Waals surface area contributed by atoms with E-state index >= 15 is 0 Å². The van der Waals surface area contributed by atoms with Crippen LogP contribution < -0.4 is 10.4 Å². The number of imidazole rings is 1. The third-order valence-electron chi connectivity index (χ3n) is 5.11. The number of hydrogen-bond acceptors (Lipinski definition) is 4. The van der Waals surface area contributed by atoms with Crippen molar-refractivity contribution < 1.29 is 4.74 Å². The number of fused-ring (bicyclic) bond motifs is 3. The summed E-state index contributed by atoms with van der Waals surface area (Å²) >= 11 is 0. The Morgan fingerprint density at radius 1 is 1.28 bits per heavy atom. The van der Waals surface area contributed by atoms with Crippen molar-refractivity contribution in [3.8, 4) is 11.4 Å². The second-order valence-electron chi connectivity index (χ2n) is 6.88. The maximum absolute atomic E-state index is 13.1. The highest BCUT2D eigenvalue weighted by Crippen LogP contribution is 2.34. The number of rotatable bonds is 5. The Hall–Kier alpha value is -3.61. The van der Waals surface area contributed by atoms with Crippen LogP contribution in [0, 0.1) is 0 Å². The van der Waals surface area contributed by atoms with Gasteiger partial charge in [-0.25, -0.2) is 4.79 Å². The fourth-order valence-electron chi connectivity index (χ4n) is 3.71. The molecule has 0 spiro atoms. The quantitative estimate of drug-likeness (QED) is 0.489. The molecule has 7 nitrogen and oxygen atoms in total. The predicted octanol–water partition coefficient (Wildman–Crippen LogP) is 3.60. The molecule has 0 amide bonds. The summed E-state index contributed by atoms with van der Waals surface area (Å²) in [5.41, 5.74) is 4.76. The first kappa shape index (κ1) is 18.7. The molecule has 0 saturated carbocycles. The van der Waals surface area contributed by atoms with Crippen molar-refractivity contribution >= 4 is 27.5 Å². The molecule has 0 aliphatic carbocycles. The summed E-state index contributed by atoms with van der Waals surface area (Å²) < 4.78 is 10.6. The highest BCUT2D eigenvalue weighted by molar-refractivity contribution is 6.05. The summed E-state index contributed by atoms with van der Waals surface area (Å²) in [5.74, 6) is 0.718. The molecule has 0 fully saturated rings. The largest absolute Gasteiger partial charge is 0.496 e. The summed E-state index contributed by atoms with van der Waals surface area (Å²) in [6, 6.07) is 3.93. The van der Waals surface area contributed by atoms with E-state index in [9.17, 15) is 4.79 Å². The highest BCUT2D eigenvalue weighted by Gasteiger charge is 2.19. The molecule has 0 unspecified atom stereocenters. The second kappa shape index (κ2) is 7.09. The summed E-state index contributed by atoms with van der Waals surface area (Å²) in [4.78, 5) is 17.6. The van der Waals surface area contributed by atoms with Gasteiger partial charge in [0.2, 0.25) is 0 Å². The van der Waals surface area contributed by atoms with Crippen molar-refractivity contribution in [2.75, 3.05) is 7.11 Å². The average Bonchev–Trinajstić information content (AvgIpc) is 3.26. The van der Waals surface area contributed by atoms with E-state index in [2.05, 4.69) is 29.7 Å². The molecule has 1 aromatic carbocycles. The lowest BCUT2D eigenvalue weighted by molar-refractivity contribution is 0.414. The summed E-state index contributed by atoms with van der Waals surface area (Å²) in [7, 11) is 5.22. The van der Waals surface area contributed by atoms with E-state index in [1.54, 1.807) is 40.4 Å². The molecule has 0 radical (unpaired) electrons. The molecule has 29 heavy (non-hydrogen) atoms. The smallest absolute Gasteiger partial charge is 0.333 e. The molecule has 0 aliphatic heterocycles. The van der Waals surface area contributed by atoms with Crippen LogP contribution in [-0.4, -0.2) is 31.0 Å². The van der Waals surface area contributed by atoms with E-state index in [1.807, 2.05) is 31.5 Å². The van der Waals surface area contributed by atoms with Crippen molar-refractivity contribution in [2.45, 2.75) is 13.3 Å². The Balaban J connectivity index is 2.17. The third-order valence-corrected chi connectivity index (χ3v) is 5.11.